The summed E-state index contributed by atoms with van der Waals surface area (Å²) in [5.74, 6) is 0. The molecular formula is C9H11N4O2S2+. The zero-order chi connectivity index (χ0) is 12.4. The zero-order valence-electron chi connectivity index (χ0n) is 8.97. The van der Waals surface area contributed by atoms with Gasteiger partial charge in [-0.2, -0.15) is 9.82 Å². The molecule has 0 radical (unpaired) electrons. The molecule has 0 fully saturated rings. The molecule has 0 aliphatic heterocycles. The molecule has 90 valence electrons. The highest BCUT2D eigenvalue weighted by Crippen LogP contribution is 2.12. The van der Waals surface area contributed by atoms with Crippen LogP contribution in [0.5, 0.6) is 0 Å². The van der Waals surface area contributed by atoms with Crippen LogP contribution in [-0.2, 0) is 18.0 Å². The van der Waals surface area contributed by atoms with E-state index in [1.807, 2.05) is 0 Å². The normalized spacial score (nSPS) is 12.3. The minimum Gasteiger partial charge on any atom is -0.399 e. The lowest BCUT2D eigenvalue weighted by atomic mass is 10.3. The Morgan fingerprint density at radius 2 is 2.06 bits per heavy atom. The van der Waals surface area contributed by atoms with Crippen LogP contribution in [0.3, 0.4) is 0 Å². The van der Waals surface area contributed by atoms with Crippen molar-refractivity contribution < 1.29 is 8.89 Å². The maximum absolute atomic E-state index is 11.9. The van der Waals surface area contributed by atoms with Gasteiger partial charge in [0.05, 0.1) is 4.90 Å². The van der Waals surface area contributed by atoms with E-state index in [1.54, 1.807) is 31.3 Å². The average molecular weight is 271 g/mol. The fraction of sp³-hybridized carbons (Fsp3) is 0.111. The lowest BCUT2D eigenvalue weighted by Gasteiger charge is -1.98. The molecule has 17 heavy (non-hydrogen) atoms. The molecule has 0 saturated heterocycles. The van der Waals surface area contributed by atoms with Crippen molar-refractivity contribution >= 4 is 33.1 Å². The van der Waals surface area contributed by atoms with Crippen molar-refractivity contribution in [3.8, 4) is 0 Å². The first kappa shape index (κ1) is 11.8. The monoisotopic (exact) mass is 271 g/mol. The third kappa shape index (κ3) is 2.71. The Kier molecular flexibility index (Phi) is 3.25. The SMILES string of the molecule is C[n+]1[nH]c(=O)sc1NS(=O)c1ccc(N)cc1. The van der Waals surface area contributed by atoms with E-state index in [0.717, 1.165) is 11.3 Å². The Morgan fingerprint density at radius 1 is 1.41 bits per heavy atom. The summed E-state index contributed by atoms with van der Waals surface area (Å²) in [5, 5.41) is 3.04. The number of nitrogen functional groups attached to an aromatic ring is 1. The first-order valence-corrected chi connectivity index (χ1v) is 6.66. The van der Waals surface area contributed by atoms with Gasteiger partial charge in [0.1, 0.15) is 7.05 Å². The Balaban J connectivity index is 2.19. The van der Waals surface area contributed by atoms with Crippen LogP contribution >= 0.6 is 11.3 Å². The van der Waals surface area contributed by atoms with Gasteiger partial charge in [-0.1, -0.05) is 0 Å². The second kappa shape index (κ2) is 4.68. The van der Waals surface area contributed by atoms with Crippen LogP contribution in [0.25, 0.3) is 0 Å². The quantitative estimate of drug-likeness (QED) is 0.541. The fourth-order valence-corrected chi connectivity index (χ4v) is 2.92. The number of aromatic nitrogens is 2. The Bertz CT molecular complexity index is 602. The van der Waals surface area contributed by atoms with Gasteiger partial charge in [0.25, 0.3) is 0 Å². The third-order valence-electron chi connectivity index (χ3n) is 2.03. The van der Waals surface area contributed by atoms with Crippen LogP contribution < -0.4 is 20.0 Å². The molecule has 0 bridgehead atoms. The molecule has 1 atom stereocenters. The van der Waals surface area contributed by atoms with Crippen molar-refractivity contribution in [3.63, 3.8) is 0 Å². The number of nitrogens with zero attached hydrogens (tertiary/aromatic N) is 1. The molecule has 0 amide bonds. The van der Waals surface area contributed by atoms with Crippen LogP contribution in [-0.4, -0.2) is 9.31 Å². The zero-order valence-corrected chi connectivity index (χ0v) is 10.6. The second-order valence-corrected chi connectivity index (χ2v) is 5.48. The number of hydrogen-bond donors (Lipinski definition) is 3. The van der Waals surface area contributed by atoms with Crippen LogP contribution in [0, 0.1) is 0 Å². The van der Waals surface area contributed by atoms with E-state index in [1.165, 1.54) is 4.68 Å². The van der Waals surface area contributed by atoms with Gasteiger partial charge >= 0.3 is 10.0 Å². The molecule has 0 saturated carbocycles. The van der Waals surface area contributed by atoms with E-state index in [-0.39, 0.29) is 4.87 Å². The number of nitrogens with two attached hydrogens (primary N) is 1. The van der Waals surface area contributed by atoms with Crippen LogP contribution in [0.4, 0.5) is 10.8 Å². The van der Waals surface area contributed by atoms with Crippen molar-refractivity contribution in [1.82, 2.24) is 5.10 Å². The number of anilines is 2. The maximum atomic E-state index is 11.9. The standard InChI is InChI=1S/C9H10N4O2S2/c1-13-8(16-9(14)11-13)12-17(15)7-4-2-6(10)3-5-7/h2-5H,10H2,1H3,(H,11,14)/p+1. The summed E-state index contributed by atoms with van der Waals surface area (Å²) in [6.45, 7) is 0. The largest absolute Gasteiger partial charge is 0.399 e. The highest BCUT2D eigenvalue weighted by molar-refractivity contribution is 7.86. The summed E-state index contributed by atoms with van der Waals surface area (Å²) >= 11 is 0.963. The van der Waals surface area contributed by atoms with Crippen LogP contribution in [0.1, 0.15) is 0 Å². The predicted octanol–water partition coefficient (Wildman–Crippen LogP) is -0.0222. The van der Waals surface area contributed by atoms with Gasteiger partial charge in [-0.15, -0.1) is 4.68 Å². The minimum atomic E-state index is -1.41. The van der Waals surface area contributed by atoms with Crippen molar-refractivity contribution in [2.75, 3.05) is 10.5 Å². The van der Waals surface area contributed by atoms with Crippen LogP contribution in [0.2, 0.25) is 0 Å². The van der Waals surface area contributed by atoms with Gasteiger partial charge in [0, 0.05) is 17.0 Å². The number of aromatic amines is 1. The number of rotatable bonds is 3. The number of H-pyrrole nitrogens is 1. The summed E-state index contributed by atoms with van der Waals surface area (Å²) in [4.78, 5) is 11.5. The van der Waals surface area contributed by atoms with E-state index in [0.29, 0.717) is 15.7 Å². The average Bonchev–Trinajstić information content (AvgIpc) is 2.58. The van der Waals surface area contributed by atoms with Crippen molar-refractivity contribution in [2.24, 2.45) is 7.05 Å². The Hall–Kier alpha value is -1.67. The molecule has 2 rings (SSSR count). The molecule has 0 aliphatic carbocycles. The summed E-state index contributed by atoms with van der Waals surface area (Å²) < 4.78 is 16.2. The molecule has 0 spiro atoms. The van der Waals surface area contributed by atoms with E-state index < -0.39 is 11.0 Å². The summed E-state index contributed by atoms with van der Waals surface area (Å²) in [7, 11) is 0.253. The van der Waals surface area contributed by atoms with Gasteiger partial charge < -0.3 is 5.73 Å². The lowest BCUT2D eigenvalue weighted by molar-refractivity contribution is -0.713. The topological polar surface area (TPSA) is 91.9 Å². The maximum Gasteiger partial charge on any atom is 0.371 e. The molecule has 1 aromatic carbocycles. The van der Waals surface area contributed by atoms with E-state index in [9.17, 15) is 9.00 Å². The minimum absolute atomic E-state index is 0.204. The highest BCUT2D eigenvalue weighted by atomic mass is 32.2. The predicted molar refractivity (Wildman–Crippen MR) is 67.0 cm³/mol. The fourth-order valence-electron chi connectivity index (χ4n) is 1.19. The van der Waals surface area contributed by atoms with Crippen molar-refractivity contribution in [2.45, 2.75) is 4.90 Å². The van der Waals surface area contributed by atoms with E-state index in [2.05, 4.69) is 9.82 Å². The van der Waals surface area contributed by atoms with Crippen molar-refractivity contribution in [3.05, 3.63) is 33.9 Å². The number of hydrogen-bond acceptors (Lipinski definition) is 4. The molecule has 1 aromatic heterocycles. The van der Waals surface area contributed by atoms with E-state index >= 15 is 0 Å². The Morgan fingerprint density at radius 3 is 2.59 bits per heavy atom. The lowest BCUT2D eigenvalue weighted by Crippen LogP contribution is -2.35. The molecule has 2 aromatic rings. The van der Waals surface area contributed by atoms with Crippen molar-refractivity contribution in [1.29, 1.82) is 0 Å². The summed E-state index contributed by atoms with van der Waals surface area (Å²) in [5.41, 5.74) is 6.15. The second-order valence-electron chi connectivity index (χ2n) is 3.31. The smallest absolute Gasteiger partial charge is 0.371 e. The molecule has 1 heterocycles. The third-order valence-corrected chi connectivity index (χ3v) is 4.08. The number of nitrogens with one attached hydrogen (secondary N) is 2. The Labute approximate surface area is 104 Å². The summed E-state index contributed by atoms with van der Waals surface area (Å²) in [6.07, 6.45) is 0. The highest BCUT2D eigenvalue weighted by Gasteiger charge is 2.16. The molecule has 1 unspecified atom stereocenters. The molecule has 8 heteroatoms. The van der Waals surface area contributed by atoms with Crippen LogP contribution in [0.15, 0.2) is 34.0 Å². The van der Waals surface area contributed by atoms with Gasteiger partial charge in [-0.05, 0) is 24.3 Å². The number of benzene rings is 1. The molecule has 6 nitrogen and oxygen atoms in total. The molecule has 4 N–H and O–H groups in total. The van der Waals surface area contributed by atoms with Gasteiger partial charge in [0.2, 0.25) is 11.0 Å². The molecular weight excluding hydrogens is 260 g/mol. The number of aryl methyl sites for hydroxylation is 1. The van der Waals surface area contributed by atoms with Gasteiger partial charge in [0.15, 0.2) is 0 Å². The summed E-state index contributed by atoms with van der Waals surface area (Å²) in [6, 6.07) is 6.70. The van der Waals surface area contributed by atoms with Gasteiger partial charge in [-0.3, -0.25) is 4.79 Å². The van der Waals surface area contributed by atoms with E-state index in [4.69, 9.17) is 5.73 Å². The first-order chi connectivity index (χ1) is 8.06. The van der Waals surface area contributed by atoms with Gasteiger partial charge in [-0.25, -0.2) is 4.21 Å². The molecule has 0 aliphatic rings. The first-order valence-electron chi connectivity index (χ1n) is 4.69.